The number of aromatic amines is 1. The zero-order chi connectivity index (χ0) is 13.1. The van der Waals surface area contributed by atoms with Crippen LogP contribution in [0.25, 0.3) is 10.8 Å². The Balaban J connectivity index is 1.67. The van der Waals surface area contributed by atoms with Crippen molar-refractivity contribution in [2.45, 2.75) is 20.0 Å². The summed E-state index contributed by atoms with van der Waals surface area (Å²) in [5, 5.41) is 12.8. The van der Waals surface area contributed by atoms with E-state index in [1.165, 1.54) is 21.9 Å². The molecule has 96 valence electrons. The van der Waals surface area contributed by atoms with E-state index in [1.54, 1.807) is 0 Å². The standard InChI is InChI=1S/C15H16N4/c1-11-15(10-18-19-11)9-17-7-12-2-3-14-8-16-5-4-13(14)6-12/h2-6,8,10,17H,7,9H2,1H3,(H,18,19). The molecule has 0 bridgehead atoms. The predicted molar refractivity (Wildman–Crippen MR) is 75.6 cm³/mol. The average Bonchev–Trinajstić information content (AvgIpc) is 2.84. The fourth-order valence-electron chi connectivity index (χ4n) is 2.14. The number of aromatic nitrogens is 3. The first-order valence-corrected chi connectivity index (χ1v) is 6.35. The molecule has 0 fully saturated rings. The number of nitrogens with one attached hydrogen (secondary N) is 2. The van der Waals surface area contributed by atoms with Gasteiger partial charge in [-0.15, -0.1) is 0 Å². The second kappa shape index (κ2) is 5.20. The zero-order valence-electron chi connectivity index (χ0n) is 10.9. The Hall–Kier alpha value is -2.20. The molecule has 19 heavy (non-hydrogen) atoms. The normalized spacial score (nSPS) is 11.0. The van der Waals surface area contributed by atoms with Crippen molar-refractivity contribution in [3.05, 3.63) is 59.7 Å². The molecule has 0 unspecified atom stereocenters. The summed E-state index contributed by atoms with van der Waals surface area (Å²) < 4.78 is 0. The molecule has 0 saturated heterocycles. The Bertz CT molecular complexity index is 687. The minimum absolute atomic E-state index is 0.830. The molecular weight excluding hydrogens is 236 g/mol. The predicted octanol–water partition coefficient (Wildman–Crippen LogP) is 2.56. The molecule has 0 saturated carbocycles. The van der Waals surface area contributed by atoms with Gasteiger partial charge in [0.25, 0.3) is 0 Å². The third-order valence-corrected chi connectivity index (χ3v) is 3.28. The lowest BCUT2D eigenvalue weighted by Gasteiger charge is -2.05. The third kappa shape index (κ3) is 2.63. The molecule has 2 heterocycles. The highest BCUT2D eigenvalue weighted by Gasteiger charge is 2.00. The summed E-state index contributed by atoms with van der Waals surface area (Å²) in [5.41, 5.74) is 3.61. The molecule has 2 N–H and O–H groups in total. The van der Waals surface area contributed by atoms with Crippen molar-refractivity contribution in [2.75, 3.05) is 0 Å². The van der Waals surface area contributed by atoms with E-state index in [4.69, 9.17) is 0 Å². The van der Waals surface area contributed by atoms with Crippen LogP contribution in [0.3, 0.4) is 0 Å². The smallest absolute Gasteiger partial charge is 0.0535 e. The summed E-state index contributed by atoms with van der Waals surface area (Å²) >= 11 is 0. The van der Waals surface area contributed by atoms with Gasteiger partial charge in [-0.3, -0.25) is 10.1 Å². The Morgan fingerprint density at radius 1 is 1.11 bits per heavy atom. The van der Waals surface area contributed by atoms with Crippen LogP contribution in [-0.2, 0) is 13.1 Å². The van der Waals surface area contributed by atoms with E-state index < -0.39 is 0 Å². The minimum atomic E-state index is 0.830. The van der Waals surface area contributed by atoms with Crippen LogP contribution in [0.4, 0.5) is 0 Å². The van der Waals surface area contributed by atoms with E-state index in [0.29, 0.717) is 0 Å². The van der Waals surface area contributed by atoms with E-state index in [0.717, 1.165) is 18.8 Å². The largest absolute Gasteiger partial charge is 0.308 e. The zero-order valence-corrected chi connectivity index (χ0v) is 10.9. The molecule has 0 spiro atoms. The van der Waals surface area contributed by atoms with Crippen molar-refractivity contribution < 1.29 is 0 Å². The molecule has 0 amide bonds. The van der Waals surface area contributed by atoms with Crippen LogP contribution in [0.2, 0.25) is 0 Å². The molecule has 0 aliphatic rings. The average molecular weight is 252 g/mol. The Labute approximate surface area is 111 Å². The minimum Gasteiger partial charge on any atom is -0.308 e. The first kappa shape index (κ1) is 11.9. The lowest BCUT2D eigenvalue weighted by molar-refractivity contribution is 0.691. The van der Waals surface area contributed by atoms with Gasteiger partial charge in [0.2, 0.25) is 0 Å². The molecule has 3 rings (SSSR count). The van der Waals surface area contributed by atoms with Gasteiger partial charge in [-0.05, 0) is 30.0 Å². The molecule has 0 aliphatic carbocycles. The van der Waals surface area contributed by atoms with Crippen LogP contribution in [0.15, 0.2) is 42.9 Å². The Morgan fingerprint density at radius 3 is 2.89 bits per heavy atom. The monoisotopic (exact) mass is 252 g/mol. The van der Waals surface area contributed by atoms with Crippen molar-refractivity contribution in [1.29, 1.82) is 0 Å². The number of fused-ring (bicyclic) bond motifs is 1. The maximum atomic E-state index is 4.12. The van der Waals surface area contributed by atoms with Crippen LogP contribution >= 0.6 is 0 Å². The van der Waals surface area contributed by atoms with Gasteiger partial charge in [0.05, 0.1) is 6.20 Å². The number of H-pyrrole nitrogens is 1. The topological polar surface area (TPSA) is 53.6 Å². The van der Waals surface area contributed by atoms with Crippen LogP contribution in [0, 0.1) is 6.92 Å². The number of pyridine rings is 1. The molecule has 2 aromatic heterocycles. The molecule has 0 radical (unpaired) electrons. The van der Waals surface area contributed by atoms with E-state index in [-0.39, 0.29) is 0 Å². The summed E-state index contributed by atoms with van der Waals surface area (Å²) in [6, 6.07) is 8.49. The van der Waals surface area contributed by atoms with Crippen LogP contribution in [0.5, 0.6) is 0 Å². The maximum absolute atomic E-state index is 4.12. The van der Waals surface area contributed by atoms with Crippen LogP contribution in [-0.4, -0.2) is 15.2 Å². The summed E-state index contributed by atoms with van der Waals surface area (Å²) in [6.07, 6.45) is 5.59. The highest BCUT2D eigenvalue weighted by molar-refractivity contribution is 5.81. The highest BCUT2D eigenvalue weighted by Crippen LogP contribution is 2.14. The SMILES string of the molecule is Cc1[nH]ncc1CNCc1ccc2cnccc2c1. The van der Waals surface area contributed by atoms with Gasteiger partial charge in [0.15, 0.2) is 0 Å². The van der Waals surface area contributed by atoms with Gasteiger partial charge >= 0.3 is 0 Å². The number of hydrogen-bond donors (Lipinski definition) is 2. The van der Waals surface area contributed by atoms with Crippen molar-refractivity contribution >= 4 is 10.8 Å². The van der Waals surface area contributed by atoms with Crippen molar-refractivity contribution in [3.8, 4) is 0 Å². The number of benzene rings is 1. The van der Waals surface area contributed by atoms with Crippen molar-refractivity contribution in [1.82, 2.24) is 20.5 Å². The third-order valence-electron chi connectivity index (χ3n) is 3.28. The summed E-state index contributed by atoms with van der Waals surface area (Å²) in [5.74, 6) is 0. The van der Waals surface area contributed by atoms with E-state index in [1.807, 2.05) is 31.6 Å². The van der Waals surface area contributed by atoms with E-state index >= 15 is 0 Å². The fourth-order valence-corrected chi connectivity index (χ4v) is 2.14. The number of nitrogens with zero attached hydrogens (tertiary/aromatic N) is 2. The molecule has 1 aromatic carbocycles. The van der Waals surface area contributed by atoms with Gasteiger partial charge in [-0.25, -0.2) is 0 Å². The van der Waals surface area contributed by atoms with Gasteiger partial charge in [0, 0.05) is 42.1 Å². The summed E-state index contributed by atoms with van der Waals surface area (Å²) in [7, 11) is 0. The molecule has 4 heteroatoms. The van der Waals surface area contributed by atoms with Crippen LogP contribution in [0.1, 0.15) is 16.8 Å². The lowest BCUT2D eigenvalue weighted by atomic mass is 10.1. The maximum Gasteiger partial charge on any atom is 0.0535 e. The highest BCUT2D eigenvalue weighted by atomic mass is 15.1. The Kier molecular flexibility index (Phi) is 3.25. The molecule has 0 aliphatic heterocycles. The van der Waals surface area contributed by atoms with E-state index in [2.05, 4.69) is 38.7 Å². The second-order valence-electron chi connectivity index (χ2n) is 4.68. The van der Waals surface area contributed by atoms with Gasteiger partial charge in [-0.2, -0.15) is 5.10 Å². The van der Waals surface area contributed by atoms with Crippen LogP contribution < -0.4 is 5.32 Å². The number of hydrogen-bond acceptors (Lipinski definition) is 3. The summed E-state index contributed by atoms with van der Waals surface area (Å²) in [6.45, 7) is 3.71. The van der Waals surface area contributed by atoms with Gasteiger partial charge in [-0.1, -0.05) is 12.1 Å². The molecule has 4 nitrogen and oxygen atoms in total. The van der Waals surface area contributed by atoms with Crippen molar-refractivity contribution in [2.24, 2.45) is 0 Å². The van der Waals surface area contributed by atoms with E-state index in [9.17, 15) is 0 Å². The molecular formula is C15H16N4. The number of aryl methyl sites for hydroxylation is 1. The fraction of sp³-hybridized carbons (Fsp3) is 0.200. The first-order chi connectivity index (χ1) is 9.33. The number of rotatable bonds is 4. The van der Waals surface area contributed by atoms with Gasteiger partial charge in [0.1, 0.15) is 0 Å². The Morgan fingerprint density at radius 2 is 2.05 bits per heavy atom. The lowest BCUT2D eigenvalue weighted by Crippen LogP contribution is -2.12. The van der Waals surface area contributed by atoms with Gasteiger partial charge < -0.3 is 5.32 Å². The quantitative estimate of drug-likeness (QED) is 0.750. The molecule has 0 atom stereocenters. The second-order valence-corrected chi connectivity index (χ2v) is 4.68. The summed E-state index contributed by atoms with van der Waals surface area (Å²) in [4.78, 5) is 4.12. The molecule has 3 aromatic rings. The first-order valence-electron chi connectivity index (χ1n) is 6.35. The van der Waals surface area contributed by atoms with Crippen molar-refractivity contribution in [3.63, 3.8) is 0 Å².